The van der Waals surface area contributed by atoms with Crippen LogP contribution >= 0.6 is 11.6 Å². The molecule has 0 unspecified atom stereocenters. The minimum absolute atomic E-state index is 0.0458. The van der Waals surface area contributed by atoms with Crippen LogP contribution in [0.2, 0.25) is 5.02 Å². The summed E-state index contributed by atoms with van der Waals surface area (Å²) in [7, 11) is -3.80. The van der Waals surface area contributed by atoms with Gasteiger partial charge in [-0.1, -0.05) is 17.7 Å². The third kappa shape index (κ3) is 6.38. The largest absolute Gasteiger partial charge is 0.415 e. The molecule has 2 aliphatic rings. The van der Waals surface area contributed by atoms with Crippen LogP contribution in [0, 0.1) is 0 Å². The van der Waals surface area contributed by atoms with E-state index in [-0.39, 0.29) is 12.4 Å². The van der Waals surface area contributed by atoms with Crippen molar-refractivity contribution < 1.29 is 26.0 Å². The summed E-state index contributed by atoms with van der Waals surface area (Å²) in [5, 5.41) is 6.75. The molecule has 3 aromatic rings. The quantitative estimate of drug-likeness (QED) is 0.331. The van der Waals surface area contributed by atoms with Crippen LogP contribution in [0.5, 0.6) is 0 Å². The summed E-state index contributed by atoms with van der Waals surface area (Å²) < 4.78 is 73.4. The Kier molecular flexibility index (Phi) is 8.43. The van der Waals surface area contributed by atoms with E-state index < -0.39 is 33.8 Å². The number of piperidine rings is 1. The third-order valence-corrected chi connectivity index (χ3v) is 9.95. The average molecular weight is 584 g/mol. The molecule has 1 aliphatic heterocycles. The molecular formula is C26H29ClF3N5O3S. The van der Waals surface area contributed by atoms with Crippen LogP contribution in [0.1, 0.15) is 56.5 Å². The Balaban J connectivity index is 1.33. The van der Waals surface area contributed by atoms with Crippen molar-refractivity contribution in [3.8, 4) is 11.5 Å². The molecule has 39 heavy (non-hydrogen) atoms. The van der Waals surface area contributed by atoms with Gasteiger partial charge in [0.1, 0.15) is 6.17 Å². The summed E-state index contributed by atoms with van der Waals surface area (Å²) in [4.78, 5) is 6.65. The van der Waals surface area contributed by atoms with Crippen LogP contribution < -0.4 is 4.31 Å². The van der Waals surface area contributed by atoms with E-state index >= 15 is 0 Å². The topological polar surface area (TPSA) is 92.4 Å². The minimum atomic E-state index is -3.80. The van der Waals surface area contributed by atoms with Crippen molar-refractivity contribution in [2.24, 2.45) is 0 Å². The Hall–Kier alpha value is -2.70. The lowest BCUT2D eigenvalue weighted by atomic mass is 9.91. The number of nitrogens with zero attached hydrogens (tertiary/aromatic N) is 5. The van der Waals surface area contributed by atoms with E-state index in [1.54, 1.807) is 36.4 Å². The molecule has 3 heterocycles. The fraction of sp³-hybridized carbons (Fsp3) is 0.500. The van der Waals surface area contributed by atoms with Gasteiger partial charge in [-0.3, -0.25) is 9.29 Å². The number of hydrogen-bond donors (Lipinski definition) is 0. The van der Waals surface area contributed by atoms with Crippen LogP contribution in [0.15, 0.2) is 47.0 Å². The molecule has 0 N–H and O–H groups in total. The second kappa shape index (κ2) is 11.8. The van der Waals surface area contributed by atoms with Gasteiger partial charge in [0.05, 0.1) is 28.7 Å². The maximum Gasteiger partial charge on any atom is 0.314 e. The summed E-state index contributed by atoms with van der Waals surface area (Å²) in [6.07, 6.45) is 1.47. The summed E-state index contributed by atoms with van der Waals surface area (Å²) in [5.41, 5.74) is 1.20. The number of rotatable bonds is 8. The molecule has 1 aromatic carbocycles. The van der Waals surface area contributed by atoms with E-state index in [4.69, 9.17) is 16.0 Å². The Morgan fingerprint density at radius 2 is 1.79 bits per heavy atom. The number of alkyl halides is 3. The summed E-state index contributed by atoms with van der Waals surface area (Å²) in [6.45, 7) is 1.25. The number of hydrogen-bond acceptors (Lipinski definition) is 7. The van der Waals surface area contributed by atoms with E-state index in [0.29, 0.717) is 66.8 Å². The highest BCUT2D eigenvalue weighted by Crippen LogP contribution is 2.32. The number of halogens is 4. The minimum Gasteiger partial charge on any atom is -0.415 e. The molecule has 0 amide bonds. The first-order valence-corrected chi connectivity index (χ1v) is 14.8. The molecule has 13 heteroatoms. The monoisotopic (exact) mass is 583 g/mol. The van der Waals surface area contributed by atoms with Gasteiger partial charge in [0, 0.05) is 17.3 Å². The van der Waals surface area contributed by atoms with Crippen molar-refractivity contribution in [2.45, 2.75) is 69.0 Å². The highest BCUT2D eigenvalue weighted by atomic mass is 35.5. The molecule has 1 saturated carbocycles. The first kappa shape index (κ1) is 27.9. The number of benzene rings is 1. The van der Waals surface area contributed by atoms with Gasteiger partial charge in [-0.25, -0.2) is 12.8 Å². The standard InChI is InChI=1S/C26H29ClF3N5O3S/c27-18-2-1-3-22(14-18)35(16-20-7-4-17(15-31-20)25-32-33-26(38-25)24(29)30)39(36,37)23-10-12-34(13-11-23)21-8-5-19(28)6-9-21/h1-4,7,14-15,19,21,23-24H,5-6,8-13,16H2/t19-,21-. The molecule has 0 spiro atoms. The third-order valence-electron chi connectivity index (χ3n) is 7.45. The SMILES string of the molecule is O=S(=O)(C1CCN([C@H]2CC[C@H](F)CC2)CC1)N(Cc1ccc(-c2nnc(C(F)F)o2)cn1)c1cccc(Cl)c1. The van der Waals surface area contributed by atoms with E-state index in [1.807, 2.05) is 0 Å². The van der Waals surface area contributed by atoms with Gasteiger partial charge >= 0.3 is 6.43 Å². The van der Waals surface area contributed by atoms with E-state index in [9.17, 15) is 21.6 Å². The molecule has 1 aliphatic carbocycles. The molecule has 5 rings (SSSR count). The first-order valence-electron chi connectivity index (χ1n) is 12.9. The molecule has 210 valence electrons. The number of pyridine rings is 1. The lowest BCUT2D eigenvalue weighted by molar-refractivity contribution is 0.103. The van der Waals surface area contributed by atoms with Gasteiger partial charge in [-0.05, 0) is 81.9 Å². The molecule has 1 saturated heterocycles. The van der Waals surface area contributed by atoms with Gasteiger partial charge in [0.25, 0.3) is 5.89 Å². The average Bonchev–Trinajstić information content (AvgIpc) is 3.43. The normalized spacial score (nSPS) is 21.4. The van der Waals surface area contributed by atoms with Crippen molar-refractivity contribution >= 4 is 27.3 Å². The second-order valence-electron chi connectivity index (χ2n) is 9.96. The van der Waals surface area contributed by atoms with Gasteiger partial charge < -0.3 is 9.32 Å². The Bertz CT molecular complexity index is 1360. The molecule has 8 nitrogen and oxygen atoms in total. The lowest BCUT2D eigenvalue weighted by Crippen LogP contribution is -2.49. The smallest absolute Gasteiger partial charge is 0.314 e. The van der Waals surface area contributed by atoms with E-state index in [1.165, 1.54) is 10.5 Å². The highest BCUT2D eigenvalue weighted by Gasteiger charge is 2.37. The molecule has 2 fully saturated rings. The van der Waals surface area contributed by atoms with Crippen LogP contribution in [-0.4, -0.2) is 59.1 Å². The van der Waals surface area contributed by atoms with Gasteiger partial charge in [0.2, 0.25) is 15.9 Å². The van der Waals surface area contributed by atoms with Crippen LogP contribution in [0.4, 0.5) is 18.9 Å². The predicted octanol–water partition coefficient (Wildman–Crippen LogP) is 5.80. The first-order chi connectivity index (χ1) is 18.7. The zero-order valence-corrected chi connectivity index (χ0v) is 22.7. The van der Waals surface area contributed by atoms with Crippen molar-refractivity contribution in [1.82, 2.24) is 20.1 Å². The zero-order valence-electron chi connectivity index (χ0n) is 21.1. The zero-order chi connectivity index (χ0) is 27.6. The fourth-order valence-electron chi connectivity index (χ4n) is 5.31. The van der Waals surface area contributed by atoms with Crippen molar-refractivity contribution in [2.75, 3.05) is 17.4 Å². The maximum atomic E-state index is 14.0. The van der Waals surface area contributed by atoms with E-state index in [2.05, 4.69) is 20.1 Å². The highest BCUT2D eigenvalue weighted by molar-refractivity contribution is 7.93. The van der Waals surface area contributed by atoms with Crippen molar-refractivity contribution in [3.05, 3.63) is 59.2 Å². The second-order valence-corrected chi connectivity index (χ2v) is 12.5. The van der Waals surface area contributed by atoms with Gasteiger partial charge in [-0.2, -0.15) is 8.78 Å². The Labute approximate surface area is 230 Å². The van der Waals surface area contributed by atoms with Crippen molar-refractivity contribution in [3.63, 3.8) is 0 Å². The van der Waals surface area contributed by atoms with Gasteiger partial charge in [0.15, 0.2) is 0 Å². The van der Waals surface area contributed by atoms with Crippen LogP contribution in [-0.2, 0) is 16.6 Å². The summed E-state index contributed by atoms with van der Waals surface area (Å²) >= 11 is 6.21. The van der Waals surface area contributed by atoms with Gasteiger partial charge in [-0.15, -0.1) is 10.2 Å². The van der Waals surface area contributed by atoms with Crippen LogP contribution in [0.25, 0.3) is 11.5 Å². The Morgan fingerprint density at radius 1 is 1.05 bits per heavy atom. The summed E-state index contributed by atoms with van der Waals surface area (Å²) in [6, 6.07) is 10.1. The molecule has 2 aromatic heterocycles. The molecule has 0 radical (unpaired) electrons. The molecular weight excluding hydrogens is 555 g/mol. The lowest BCUT2D eigenvalue weighted by Gasteiger charge is -2.40. The Morgan fingerprint density at radius 3 is 2.41 bits per heavy atom. The predicted molar refractivity (Wildman–Crippen MR) is 141 cm³/mol. The number of sulfonamides is 1. The molecule has 0 bridgehead atoms. The molecule has 0 atom stereocenters. The van der Waals surface area contributed by atoms with Crippen LogP contribution in [0.3, 0.4) is 0 Å². The maximum absolute atomic E-state index is 14.0. The number of aromatic nitrogens is 3. The van der Waals surface area contributed by atoms with E-state index in [0.717, 1.165) is 12.8 Å². The summed E-state index contributed by atoms with van der Waals surface area (Å²) in [5.74, 6) is -0.885. The number of likely N-dealkylation sites (tertiary alicyclic amines) is 1. The fourth-order valence-corrected chi connectivity index (χ4v) is 7.38. The number of anilines is 1. The van der Waals surface area contributed by atoms with Crippen molar-refractivity contribution in [1.29, 1.82) is 0 Å².